The number of esters is 1. The maximum atomic E-state index is 12.4. The number of carbonyl (C=O) groups is 1. The Morgan fingerprint density at radius 3 is 2.88 bits per heavy atom. The highest BCUT2D eigenvalue weighted by Crippen LogP contribution is 2.49. The Labute approximate surface area is 143 Å². The molecule has 0 radical (unpaired) electrons. The fraction of sp³-hybridized carbons (Fsp3) is 0.650. The Hall–Kier alpha value is -1.55. The lowest BCUT2D eigenvalue weighted by Crippen LogP contribution is -2.45. The van der Waals surface area contributed by atoms with Crippen LogP contribution in [0.4, 0.5) is 5.69 Å². The summed E-state index contributed by atoms with van der Waals surface area (Å²) in [6, 6.07) is 6.40. The number of fused-ring (bicyclic) bond motifs is 3. The van der Waals surface area contributed by atoms with E-state index in [0.717, 1.165) is 30.2 Å². The summed E-state index contributed by atoms with van der Waals surface area (Å²) in [4.78, 5) is 12.4. The Morgan fingerprint density at radius 2 is 2.08 bits per heavy atom. The van der Waals surface area contributed by atoms with E-state index in [-0.39, 0.29) is 12.1 Å². The van der Waals surface area contributed by atoms with Gasteiger partial charge in [-0.05, 0) is 50.7 Å². The van der Waals surface area contributed by atoms with Gasteiger partial charge in [0.2, 0.25) is 0 Å². The molecule has 24 heavy (non-hydrogen) atoms. The zero-order valence-corrected chi connectivity index (χ0v) is 14.4. The van der Waals surface area contributed by atoms with Gasteiger partial charge in [-0.2, -0.15) is 0 Å². The van der Waals surface area contributed by atoms with Crippen molar-refractivity contribution in [1.82, 2.24) is 0 Å². The monoisotopic (exact) mass is 329 g/mol. The van der Waals surface area contributed by atoms with Gasteiger partial charge in [0, 0.05) is 29.8 Å². The van der Waals surface area contributed by atoms with Gasteiger partial charge in [0.1, 0.15) is 0 Å². The minimum absolute atomic E-state index is 0.0289. The van der Waals surface area contributed by atoms with E-state index < -0.39 is 0 Å². The summed E-state index contributed by atoms with van der Waals surface area (Å²) >= 11 is 0. The summed E-state index contributed by atoms with van der Waals surface area (Å²) in [6.45, 7) is 3.03. The second-order valence-corrected chi connectivity index (χ2v) is 7.30. The fourth-order valence-electron chi connectivity index (χ4n) is 4.92. The van der Waals surface area contributed by atoms with Crippen LogP contribution in [0.2, 0.25) is 0 Å². The molecule has 4 nitrogen and oxygen atoms in total. The van der Waals surface area contributed by atoms with Gasteiger partial charge in [0.25, 0.3) is 0 Å². The highest BCUT2D eigenvalue weighted by atomic mass is 16.5. The Bertz CT molecular complexity index is 609. The zero-order chi connectivity index (χ0) is 16.5. The van der Waals surface area contributed by atoms with Crippen LogP contribution in [0.1, 0.15) is 67.5 Å². The molecule has 1 saturated carbocycles. The third-order valence-corrected chi connectivity index (χ3v) is 5.95. The smallest absolute Gasteiger partial charge is 0.338 e. The van der Waals surface area contributed by atoms with Crippen LogP contribution < -0.4 is 5.32 Å². The van der Waals surface area contributed by atoms with Crippen LogP contribution in [0.5, 0.6) is 0 Å². The SMILES string of the molecule is CCOC(=O)c1cccc2c1[C@H]1OCCC[C@H]1[C@@H](C1CCCC1)N2. The summed E-state index contributed by atoms with van der Waals surface area (Å²) in [5, 5.41) is 3.79. The number of hydrogen-bond acceptors (Lipinski definition) is 4. The average molecular weight is 329 g/mol. The first-order valence-corrected chi connectivity index (χ1v) is 9.47. The maximum absolute atomic E-state index is 12.4. The predicted molar refractivity (Wildman–Crippen MR) is 93.2 cm³/mol. The van der Waals surface area contributed by atoms with Crippen LogP contribution in [-0.4, -0.2) is 25.2 Å². The minimum atomic E-state index is -0.233. The molecule has 0 spiro atoms. The van der Waals surface area contributed by atoms with E-state index in [1.807, 2.05) is 19.1 Å². The van der Waals surface area contributed by atoms with Gasteiger partial charge in [0.15, 0.2) is 0 Å². The van der Waals surface area contributed by atoms with E-state index in [2.05, 4.69) is 11.4 Å². The summed E-state index contributed by atoms with van der Waals surface area (Å²) in [5.74, 6) is 0.965. The summed E-state index contributed by atoms with van der Waals surface area (Å²) in [7, 11) is 0. The topological polar surface area (TPSA) is 47.6 Å². The first-order valence-electron chi connectivity index (χ1n) is 9.47. The summed E-state index contributed by atoms with van der Waals surface area (Å²) in [6.07, 6.45) is 7.63. The second kappa shape index (κ2) is 6.75. The molecule has 1 aliphatic carbocycles. The van der Waals surface area contributed by atoms with Crippen LogP contribution >= 0.6 is 0 Å². The van der Waals surface area contributed by atoms with Crippen LogP contribution in [0.3, 0.4) is 0 Å². The molecule has 3 atom stereocenters. The van der Waals surface area contributed by atoms with E-state index in [4.69, 9.17) is 9.47 Å². The van der Waals surface area contributed by atoms with Gasteiger partial charge >= 0.3 is 5.97 Å². The van der Waals surface area contributed by atoms with Crippen molar-refractivity contribution in [3.8, 4) is 0 Å². The van der Waals surface area contributed by atoms with Crippen molar-refractivity contribution >= 4 is 11.7 Å². The number of anilines is 1. The lowest BCUT2D eigenvalue weighted by molar-refractivity contribution is -0.0443. The zero-order valence-electron chi connectivity index (χ0n) is 14.4. The molecule has 1 aromatic carbocycles. The molecule has 0 amide bonds. The number of hydrogen-bond donors (Lipinski definition) is 1. The molecule has 2 fully saturated rings. The summed E-state index contributed by atoms with van der Waals surface area (Å²) in [5.41, 5.74) is 2.76. The predicted octanol–water partition coefficient (Wildman–Crippen LogP) is 4.32. The van der Waals surface area contributed by atoms with E-state index in [0.29, 0.717) is 24.1 Å². The van der Waals surface area contributed by atoms with Crippen LogP contribution in [-0.2, 0) is 9.47 Å². The van der Waals surface area contributed by atoms with Crippen molar-refractivity contribution in [2.75, 3.05) is 18.5 Å². The van der Waals surface area contributed by atoms with Crippen LogP contribution in [0.15, 0.2) is 18.2 Å². The van der Waals surface area contributed by atoms with Gasteiger partial charge in [-0.1, -0.05) is 18.9 Å². The number of rotatable bonds is 3. The molecular formula is C20H27NO3. The van der Waals surface area contributed by atoms with Gasteiger partial charge in [0.05, 0.1) is 18.3 Å². The quantitative estimate of drug-likeness (QED) is 0.839. The van der Waals surface area contributed by atoms with Gasteiger partial charge in [-0.25, -0.2) is 4.79 Å². The van der Waals surface area contributed by atoms with E-state index in [1.165, 1.54) is 32.1 Å². The molecule has 1 N–H and O–H groups in total. The fourth-order valence-corrected chi connectivity index (χ4v) is 4.92. The van der Waals surface area contributed by atoms with Gasteiger partial charge < -0.3 is 14.8 Å². The average Bonchev–Trinajstić information content (AvgIpc) is 3.15. The van der Waals surface area contributed by atoms with E-state index >= 15 is 0 Å². The molecule has 4 heteroatoms. The van der Waals surface area contributed by atoms with E-state index in [1.54, 1.807) is 0 Å². The lowest BCUT2D eigenvalue weighted by atomic mass is 9.74. The van der Waals surface area contributed by atoms with Crippen molar-refractivity contribution in [1.29, 1.82) is 0 Å². The molecule has 0 bridgehead atoms. The molecule has 0 aromatic heterocycles. The van der Waals surface area contributed by atoms with Crippen molar-refractivity contribution < 1.29 is 14.3 Å². The van der Waals surface area contributed by atoms with Crippen molar-refractivity contribution in [2.24, 2.45) is 11.8 Å². The van der Waals surface area contributed by atoms with Crippen LogP contribution in [0.25, 0.3) is 0 Å². The number of carbonyl (C=O) groups excluding carboxylic acids is 1. The molecule has 3 aliphatic rings. The Kier molecular flexibility index (Phi) is 4.49. The molecule has 1 aromatic rings. The summed E-state index contributed by atoms with van der Waals surface area (Å²) < 4.78 is 11.5. The van der Waals surface area contributed by atoms with Crippen LogP contribution in [0, 0.1) is 11.8 Å². The minimum Gasteiger partial charge on any atom is -0.462 e. The Balaban J connectivity index is 1.73. The van der Waals surface area contributed by atoms with E-state index in [9.17, 15) is 4.79 Å². The highest BCUT2D eigenvalue weighted by Gasteiger charge is 2.44. The third kappa shape index (κ3) is 2.71. The Morgan fingerprint density at radius 1 is 1.25 bits per heavy atom. The lowest BCUT2D eigenvalue weighted by Gasteiger charge is -2.46. The number of benzene rings is 1. The molecule has 130 valence electrons. The first-order chi connectivity index (χ1) is 11.8. The molecular weight excluding hydrogens is 302 g/mol. The van der Waals surface area contributed by atoms with Crippen molar-refractivity contribution in [3.63, 3.8) is 0 Å². The largest absolute Gasteiger partial charge is 0.462 e. The van der Waals surface area contributed by atoms with Crippen molar-refractivity contribution in [3.05, 3.63) is 29.3 Å². The van der Waals surface area contributed by atoms with Gasteiger partial charge in [-0.15, -0.1) is 0 Å². The normalized spacial score (nSPS) is 29.5. The van der Waals surface area contributed by atoms with Crippen molar-refractivity contribution in [2.45, 2.75) is 57.6 Å². The molecule has 4 rings (SSSR count). The highest BCUT2D eigenvalue weighted by molar-refractivity contribution is 5.93. The third-order valence-electron chi connectivity index (χ3n) is 5.95. The molecule has 2 aliphatic heterocycles. The molecule has 1 saturated heterocycles. The standard InChI is InChI=1S/C20H27NO3/c1-2-23-20(22)14-9-5-11-16-17(14)19-15(10-6-12-24-19)18(21-16)13-7-3-4-8-13/h5,9,11,13,15,18-19,21H,2-4,6-8,10,12H2,1H3/t15-,18+,19-/m0/s1. The number of ether oxygens (including phenoxy) is 2. The first kappa shape index (κ1) is 15.9. The molecule has 2 heterocycles. The maximum Gasteiger partial charge on any atom is 0.338 e. The number of nitrogens with one attached hydrogen (secondary N) is 1. The molecule has 0 unspecified atom stereocenters. The van der Waals surface area contributed by atoms with Gasteiger partial charge in [-0.3, -0.25) is 0 Å². The second-order valence-electron chi connectivity index (χ2n) is 7.30.